The summed E-state index contributed by atoms with van der Waals surface area (Å²) < 4.78 is 0. The molecule has 0 bridgehead atoms. The Morgan fingerprint density at radius 3 is 0.342 bits per heavy atom. The predicted molar refractivity (Wildman–Crippen MR) is 307 cm³/mol. The fraction of sp³-hybridized carbons (Fsp3) is 0.938. The van der Waals surface area contributed by atoms with Crippen LogP contribution in [0.2, 0.25) is 0 Å². The zero-order valence-electron chi connectivity index (χ0n) is 49.4. The van der Waals surface area contributed by atoms with Crippen molar-refractivity contribution < 1.29 is 39.6 Å². The number of unbranched alkanes of at least 4 members (excludes halogenated alkanes) is 48. The first kappa shape index (κ1) is 80.7. The van der Waals surface area contributed by atoms with Crippen LogP contribution in [0.1, 0.15) is 387 Å². The summed E-state index contributed by atoms with van der Waals surface area (Å²) in [6.07, 6.45) is 67.7. The monoisotopic (exact) mass is 1230 g/mol. The number of hydrogen-bond donors (Lipinski definition) is 0. The van der Waals surface area contributed by atoms with Crippen LogP contribution in [0.5, 0.6) is 0 Å². The minimum atomic E-state index is -0.905. The van der Waals surface area contributed by atoms with Gasteiger partial charge in [0.05, 0.1) is 0 Å². The topological polar surface area (TPSA) is 161 Å². The van der Waals surface area contributed by atoms with E-state index in [0.29, 0.717) is 0 Å². The van der Waals surface area contributed by atoms with Crippen molar-refractivity contribution in [3.63, 3.8) is 0 Å². The minimum Gasteiger partial charge on any atom is -0.550 e. The van der Waals surface area contributed by atoms with Crippen LogP contribution in [0.3, 0.4) is 0 Å². The zero-order valence-corrected chi connectivity index (χ0v) is 53.3. The van der Waals surface area contributed by atoms with Gasteiger partial charge in [-0.05, 0) is 51.4 Å². The van der Waals surface area contributed by atoms with Gasteiger partial charge in [0.25, 0.3) is 0 Å². The van der Waals surface area contributed by atoms with Gasteiger partial charge in [0.2, 0.25) is 0 Å². The summed E-state index contributed by atoms with van der Waals surface area (Å²) in [7, 11) is 0. The Bertz CT molecular complexity index is 879. The molecule has 0 aliphatic heterocycles. The van der Waals surface area contributed by atoms with Gasteiger partial charge in [0.15, 0.2) is 0 Å². The van der Waals surface area contributed by atoms with Gasteiger partial charge in [-0.3, -0.25) is 0 Å². The third kappa shape index (κ3) is 96.9. The Morgan fingerprint density at radius 2 is 0.260 bits per heavy atom. The summed E-state index contributed by atoms with van der Waals surface area (Å²) in [5.41, 5.74) is 0. The molecule has 0 rings (SSSR count). The van der Waals surface area contributed by atoms with Gasteiger partial charge in [-0.1, -0.05) is 336 Å². The van der Waals surface area contributed by atoms with E-state index in [1.807, 2.05) is 0 Å². The number of carbonyl (C=O) groups excluding carboxylic acids is 4. The van der Waals surface area contributed by atoms with Gasteiger partial charge < -0.3 is 39.6 Å². The maximum Gasteiger partial charge on any atom is 0.0414 e. The molecule has 0 fully saturated rings. The molecule has 0 unspecified atom stereocenters. The first-order valence-electron chi connectivity index (χ1n) is 31.9. The number of carboxylic acid groups (broad SMARTS) is 4. The molecule has 0 spiro atoms. The standard InChI is InChI=1S/4C16H32O2.Pb/c4*1-2-3-4-5-6-7-8-9-10-11-12-13-14-15-16(17)18;/h4*2-15H2,1H3,(H,17,18);/p-4. The van der Waals surface area contributed by atoms with Crippen molar-refractivity contribution in [2.75, 3.05) is 0 Å². The van der Waals surface area contributed by atoms with Crippen molar-refractivity contribution in [2.45, 2.75) is 387 Å². The van der Waals surface area contributed by atoms with Crippen LogP contribution in [0.4, 0.5) is 0 Å². The molecule has 0 aliphatic carbocycles. The van der Waals surface area contributed by atoms with E-state index in [2.05, 4.69) is 27.7 Å². The van der Waals surface area contributed by atoms with Crippen molar-refractivity contribution in [3.05, 3.63) is 0 Å². The molecule has 0 aromatic rings. The van der Waals surface area contributed by atoms with E-state index in [-0.39, 0.29) is 53.0 Å². The molecule has 0 heterocycles. The summed E-state index contributed by atoms with van der Waals surface area (Å²) in [6, 6.07) is 0. The third-order valence-electron chi connectivity index (χ3n) is 13.9. The number of carboxylic acids is 4. The summed E-state index contributed by atoms with van der Waals surface area (Å²) in [5.74, 6) is -3.62. The zero-order chi connectivity index (χ0) is 53.9. The number of rotatable bonds is 56. The maximum atomic E-state index is 10.2. The number of aliphatic carboxylic acids is 4. The van der Waals surface area contributed by atoms with Crippen molar-refractivity contribution in [1.29, 1.82) is 0 Å². The molecule has 0 saturated carbocycles. The Morgan fingerprint density at radius 1 is 0.178 bits per heavy atom. The van der Waals surface area contributed by atoms with Gasteiger partial charge in [-0.2, -0.15) is 0 Å². The quantitative estimate of drug-likeness (QED) is 0.0430. The average Bonchev–Trinajstić information content (AvgIpc) is 3.35. The van der Waals surface area contributed by atoms with Crippen LogP contribution >= 0.6 is 0 Å². The van der Waals surface area contributed by atoms with Gasteiger partial charge in [-0.15, -0.1) is 0 Å². The van der Waals surface area contributed by atoms with Gasteiger partial charge in [0.1, 0.15) is 0 Å². The molecule has 9 heteroatoms. The summed E-state index contributed by atoms with van der Waals surface area (Å²) in [6.45, 7) is 9.03. The fourth-order valence-corrected chi connectivity index (χ4v) is 9.15. The molecular formula is C64H124O8Pb-4. The molecule has 73 heavy (non-hydrogen) atoms. The molecule has 8 nitrogen and oxygen atoms in total. The summed E-state index contributed by atoms with van der Waals surface area (Å²) >= 11 is 0. The third-order valence-corrected chi connectivity index (χ3v) is 13.9. The van der Waals surface area contributed by atoms with Crippen molar-refractivity contribution in [2.24, 2.45) is 0 Å². The van der Waals surface area contributed by atoms with Gasteiger partial charge in [0, 0.05) is 51.2 Å². The van der Waals surface area contributed by atoms with Crippen LogP contribution in [-0.4, -0.2) is 51.2 Å². The second-order valence-corrected chi connectivity index (χ2v) is 21.5. The van der Waals surface area contributed by atoms with Gasteiger partial charge in [-0.25, -0.2) is 0 Å². The maximum absolute atomic E-state index is 10.2. The largest absolute Gasteiger partial charge is 0.550 e. The second-order valence-electron chi connectivity index (χ2n) is 21.5. The smallest absolute Gasteiger partial charge is 0.0414 e. The average molecular weight is 1230 g/mol. The molecule has 0 N–H and O–H groups in total. The normalized spacial score (nSPS) is 10.6. The van der Waals surface area contributed by atoms with E-state index in [9.17, 15) is 39.6 Å². The van der Waals surface area contributed by atoms with Gasteiger partial charge >= 0.3 is 0 Å². The molecule has 0 aromatic carbocycles. The van der Waals surface area contributed by atoms with Crippen LogP contribution in [0.25, 0.3) is 0 Å². The molecular weight excluding hydrogens is 1100 g/mol. The summed E-state index contributed by atoms with van der Waals surface area (Å²) in [4.78, 5) is 40.8. The Labute approximate surface area is 475 Å². The van der Waals surface area contributed by atoms with E-state index < -0.39 is 23.9 Å². The van der Waals surface area contributed by atoms with Crippen LogP contribution in [-0.2, 0) is 19.2 Å². The van der Waals surface area contributed by atoms with E-state index in [0.717, 1.165) is 51.4 Å². The van der Waals surface area contributed by atoms with Crippen molar-refractivity contribution >= 4 is 51.2 Å². The molecule has 0 atom stereocenters. The first-order valence-corrected chi connectivity index (χ1v) is 31.9. The van der Waals surface area contributed by atoms with E-state index in [1.165, 1.54) is 283 Å². The number of carbonyl (C=O) groups is 4. The first-order chi connectivity index (χ1) is 35.1. The molecule has 0 aliphatic rings. The van der Waals surface area contributed by atoms with Crippen LogP contribution in [0, 0.1) is 0 Å². The van der Waals surface area contributed by atoms with E-state index in [1.54, 1.807) is 0 Å². The second kappa shape index (κ2) is 77.3. The van der Waals surface area contributed by atoms with Crippen molar-refractivity contribution in [1.82, 2.24) is 0 Å². The molecule has 436 valence electrons. The molecule has 0 saturated heterocycles. The summed E-state index contributed by atoms with van der Waals surface area (Å²) in [5, 5.41) is 40.8. The molecule has 0 aromatic heterocycles. The van der Waals surface area contributed by atoms with E-state index in [4.69, 9.17) is 0 Å². The molecule has 0 amide bonds. The minimum absolute atomic E-state index is 0. The van der Waals surface area contributed by atoms with Crippen molar-refractivity contribution in [3.8, 4) is 0 Å². The van der Waals surface area contributed by atoms with Crippen LogP contribution < -0.4 is 20.4 Å². The predicted octanol–water partition coefficient (Wildman–Crippen LogP) is 16.5. The fourth-order valence-electron chi connectivity index (χ4n) is 9.15. The SMILES string of the molecule is CCCCCCCCCCCCCCCC(=O)[O-].CCCCCCCCCCCCCCCC(=O)[O-].CCCCCCCCCCCCCCCC(=O)[O-].CCCCCCCCCCCCCCCC(=O)[O-].[Pb]. The molecule has 4 radical (unpaired) electrons. The Kier molecular flexibility index (Phi) is 85.4. The Hall–Kier alpha value is -1.20. The van der Waals surface area contributed by atoms with E-state index >= 15 is 0 Å². The Balaban J connectivity index is -0.000000280. The number of hydrogen-bond acceptors (Lipinski definition) is 8. The van der Waals surface area contributed by atoms with Crippen LogP contribution in [0.15, 0.2) is 0 Å².